The summed E-state index contributed by atoms with van der Waals surface area (Å²) in [5.41, 5.74) is -0.903. The molecule has 12 heavy (non-hydrogen) atoms. The Hall–Kier alpha value is -1.12. The molecule has 2 bridgehead atoms. The van der Waals surface area contributed by atoms with E-state index < -0.39 is 11.4 Å². The minimum Gasteiger partial charge on any atom is -0.468 e. The van der Waals surface area contributed by atoms with E-state index >= 15 is 0 Å². The van der Waals surface area contributed by atoms with E-state index in [4.69, 9.17) is 0 Å². The van der Waals surface area contributed by atoms with Gasteiger partial charge in [0.15, 0.2) is 5.78 Å². The number of hydrogen-bond acceptors (Lipinski definition) is 3. The third-order valence-corrected chi connectivity index (χ3v) is 2.79. The molecule has 0 amide bonds. The molecule has 2 atom stereocenters. The Morgan fingerprint density at radius 2 is 2.50 bits per heavy atom. The summed E-state index contributed by atoms with van der Waals surface area (Å²) in [5.74, 6) is -0.401. The van der Waals surface area contributed by atoms with Crippen LogP contribution in [0, 0.1) is 11.3 Å². The van der Waals surface area contributed by atoms with Crippen molar-refractivity contribution >= 4 is 11.8 Å². The number of fused-ring (bicyclic) bond motifs is 2. The predicted molar refractivity (Wildman–Crippen MR) is 41.3 cm³/mol. The normalized spacial score (nSPS) is 37.4. The molecule has 2 unspecified atom stereocenters. The molecule has 0 N–H and O–H groups in total. The van der Waals surface area contributed by atoms with Crippen LogP contribution < -0.4 is 0 Å². The summed E-state index contributed by atoms with van der Waals surface area (Å²) in [6, 6.07) is 0. The van der Waals surface area contributed by atoms with E-state index in [-0.39, 0.29) is 11.7 Å². The van der Waals surface area contributed by atoms with E-state index in [0.29, 0.717) is 6.42 Å². The smallest absolute Gasteiger partial charge is 0.323 e. The van der Waals surface area contributed by atoms with E-state index in [9.17, 15) is 9.59 Å². The number of esters is 1. The van der Waals surface area contributed by atoms with Crippen molar-refractivity contribution in [3.8, 4) is 0 Å². The largest absolute Gasteiger partial charge is 0.468 e. The van der Waals surface area contributed by atoms with Crippen LogP contribution in [0.25, 0.3) is 0 Å². The van der Waals surface area contributed by atoms with Crippen LogP contribution >= 0.6 is 0 Å². The molecule has 2 aliphatic carbocycles. The number of ether oxygens (including phenoxy) is 1. The van der Waals surface area contributed by atoms with Gasteiger partial charge >= 0.3 is 5.97 Å². The second-order valence-electron chi connectivity index (χ2n) is 3.33. The fraction of sp³-hybridized carbons (Fsp3) is 0.556. The van der Waals surface area contributed by atoms with Crippen LogP contribution in [0.3, 0.4) is 0 Å². The van der Waals surface area contributed by atoms with Crippen LogP contribution in [0.5, 0.6) is 0 Å². The zero-order chi connectivity index (χ0) is 8.77. The first kappa shape index (κ1) is 7.53. The van der Waals surface area contributed by atoms with Gasteiger partial charge in [0.25, 0.3) is 0 Å². The second kappa shape index (κ2) is 2.19. The first-order chi connectivity index (χ1) is 5.70. The predicted octanol–water partition coefficient (Wildman–Crippen LogP) is 0.695. The Kier molecular flexibility index (Phi) is 1.37. The zero-order valence-electron chi connectivity index (χ0n) is 6.87. The zero-order valence-corrected chi connectivity index (χ0v) is 6.87. The number of hydrogen-bond donors (Lipinski definition) is 0. The van der Waals surface area contributed by atoms with Crippen LogP contribution in [0.4, 0.5) is 0 Å². The maximum absolute atomic E-state index is 11.5. The fourth-order valence-corrected chi connectivity index (χ4v) is 2.05. The minimum absolute atomic E-state index is 0.0225. The van der Waals surface area contributed by atoms with E-state index in [1.165, 1.54) is 7.11 Å². The third kappa shape index (κ3) is 0.661. The quantitative estimate of drug-likeness (QED) is 0.327. The lowest BCUT2D eigenvalue weighted by molar-refractivity contribution is -0.153. The second-order valence-corrected chi connectivity index (χ2v) is 3.33. The molecule has 2 rings (SSSR count). The molecule has 0 aromatic heterocycles. The first-order valence-electron chi connectivity index (χ1n) is 4.03. The summed E-state index contributed by atoms with van der Waals surface area (Å²) in [6.45, 7) is 0. The summed E-state index contributed by atoms with van der Waals surface area (Å²) in [5, 5.41) is 0. The van der Waals surface area contributed by atoms with Gasteiger partial charge in [0, 0.05) is 5.92 Å². The lowest BCUT2D eigenvalue weighted by Crippen LogP contribution is -2.33. The van der Waals surface area contributed by atoms with Gasteiger partial charge in [-0.1, -0.05) is 12.2 Å². The Morgan fingerprint density at radius 3 is 2.83 bits per heavy atom. The number of carbonyl (C=O) groups excluding carboxylic acids is 2. The number of rotatable bonds is 1. The third-order valence-electron chi connectivity index (χ3n) is 2.79. The van der Waals surface area contributed by atoms with Crippen LogP contribution in [0.15, 0.2) is 12.2 Å². The van der Waals surface area contributed by atoms with Gasteiger partial charge in [0.2, 0.25) is 0 Å². The number of carbonyl (C=O) groups is 2. The lowest BCUT2D eigenvalue weighted by atomic mass is 9.87. The van der Waals surface area contributed by atoms with Crippen molar-refractivity contribution in [1.82, 2.24) is 0 Å². The highest BCUT2D eigenvalue weighted by molar-refractivity contribution is 6.11. The molecule has 0 heterocycles. The van der Waals surface area contributed by atoms with Crippen LogP contribution in [0.2, 0.25) is 0 Å². The van der Waals surface area contributed by atoms with Crippen molar-refractivity contribution in [1.29, 1.82) is 0 Å². The van der Waals surface area contributed by atoms with Gasteiger partial charge in [-0.25, -0.2) is 0 Å². The Morgan fingerprint density at radius 1 is 1.75 bits per heavy atom. The molecule has 1 saturated carbocycles. The van der Waals surface area contributed by atoms with Gasteiger partial charge in [-0.2, -0.15) is 0 Å². The monoisotopic (exact) mass is 166 g/mol. The van der Waals surface area contributed by atoms with Gasteiger partial charge in [0.1, 0.15) is 5.41 Å². The van der Waals surface area contributed by atoms with Crippen LogP contribution in [-0.4, -0.2) is 18.9 Å². The molecular formula is C9H10O3. The van der Waals surface area contributed by atoms with Gasteiger partial charge in [-0.15, -0.1) is 0 Å². The standard InChI is InChI=1S/C9H10O3/c1-12-8(11)9-4-2-6(3-5-9)7(9)10/h2,4,6H,3,5H2,1H3. The molecule has 0 radical (unpaired) electrons. The molecule has 3 heteroatoms. The van der Waals surface area contributed by atoms with Gasteiger partial charge in [0.05, 0.1) is 7.11 Å². The van der Waals surface area contributed by atoms with Crippen LogP contribution in [0.1, 0.15) is 12.8 Å². The van der Waals surface area contributed by atoms with Crippen molar-refractivity contribution in [2.45, 2.75) is 12.8 Å². The number of ketones is 1. The number of methoxy groups -OCH3 is 1. The molecule has 0 aromatic carbocycles. The van der Waals surface area contributed by atoms with Crippen molar-refractivity contribution < 1.29 is 14.3 Å². The highest BCUT2D eigenvalue weighted by Crippen LogP contribution is 2.46. The Bertz CT molecular complexity index is 279. The maximum atomic E-state index is 11.5. The minimum atomic E-state index is -0.903. The van der Waals surface area contributed by atoms with Gasteiger partial charge in [-0.05, 0) is 12.8 Å². The SMILES string of the molecule is COC(=O)C12C=CC(CC1)C2=O. The summed E-state index contributed by atoms with van der Waals surface area (Å²) < 4.78 is 4.61. The average molecular weight is 166 g/mol. The number of allylic oxidation sites excluding steroid dienone is 1. The summed E-state index contributed by atoms with van der Waals surface area (Å²) in [6.07, 6.45) is 4.95. The number of Topliss-reactive ketones (excluding diaryl/α,β-unsaturated/α-hetero) is 1. The fourth-order valence-electron chi connectivity index (χ4n) is 2.05. The highest BCUT2D eigenvalue weighted by Gasteiger charge is 2.55. The maximum Gasteiger partial charge on any atom is 0.323 e. The molecule has 0 spiro atoms. The molecule has 3 nitrogen and oxygen atoms in total. The van der Waals surface area contributed by atoms with Gasteiger partial charge < -0.3 is 4.74 Å². The topological polar surface area (TPSA) is 43.4 Å². The molecule has 1 fully saturated rings. The summed E-state index contributed by atoms with van der Waals surface area (Å²) >= 11 is 0. The summed E-state index contributed by atoms with van der Waals surface area (Å²) in [4.78, 5) is 22.8. The van der Waals surface area contributed by atoms with E-state index in [2.05, 4.69) is 4.74 Å². The first-order valence-corrected chi connectivity index (χ1v) is 4.03. The highest BCUT2D eigenvalue weighted by atomic mass is 16.5. The van der Waals surface area contributed by atoms with Crippen molar-refractivity contribution in [2.75, 3.05) is 7.11 Å². The average Bonchev–Trinajstić information content (AvgIpc) is 2.60. The lowest BCUT2D eigenvalue weighted by Gasteiger charge is -2.17. The molecule has 2 aliphatic rings. The summed E-state index contributed by atoms with van der Waals surface area (Å²) in [7, 11) is 1.32. The van der Waals surface area contributed by atoms with Crippen molar-refractivity contribution in [3.63, 3.8) is 0 Å². The molecule has 0 aliphatic heterocycles. The van der Waals surface area contributed by atoms with E-state index in [1.807, 2.05) is 6.08 Å². The Labute approximate surface area is 70.4 Å². The molecule has 0 saturated heterocycles. The van der Waals surface area contributed by atoms with E-state index in [1.54, 1.807) is 6.08 Å². The van der Waals surface area contributed by atoms with Gasteiger partial charge in [-0.3, -0.25) is 9.59 Å². The molecule has 64 valence electrons. The van der Waals surface area contributed by atoms with Crippen molar-refractivity contribution in [3.05, 3.63) is 12.2 Å². The Balaban J connectivity index is 2.38. The van der Waals surface area contributed by atoms with Crippen LogP contribution in [-0.2, 0) is 14.3 Å². The van der Waals surface area contributed by atoms with E-state index in [0.717, 1.165) is 6.42 Å². The van der Waals surface area contributed by atoms with Crippen molar-refractivity contribution in [2.24, 2.45) is 11.3 Å². The molecular weight excluding hydrogens is 156 g/mol. The molecule has 0 aromatic rings.